The van der Waals surface area contributed by atoms with E-state index >= 15 is 0 Å². The van der Waals surface area contributed by atoms with Crippen molar-refractivity contribution in [2.45, 2.75) is 39.0 Å². The van der Waals surface area contributed by atoms with E-state index in [1.807, 2.05) is 48.6 Å². The molecule has 3 saturated heterocycles. The highest BCUT2D eigenvalue weighted by Crippen LogP contribution is 2.34. The molecule has 2 aromatic rings. The number of hydrogen-bond acceptors (Lipinski definition) is 8. The van der Waals surface area contributed by atoms with Gasteiger partial charge >= 0.3 is 0 Å². The van der Waals surface area contributed by atoms with Gasteiger partial charge in [0.25, 0.3) is 11.8 Å². The molecule has 246 valence electrons. The van der Waals surface area contributed by atoms with Gasteiger partial charge in [-0.15, -0.1) is 0 Å². The Kier molecular flexibility index (Phi) is 12.5. The van der Waals surface area contributed by atoms with E-state index in [1.165, 1.54) is 29.1 Å². The van der Waals surface area contributed by atoms with Crippen molar-refractivity contribution in [2.75, 3.05) is 39.3 Å². The standard InChI is InChI=1S/C34H35BrN4O4S4/c1-2-23-10-12-24(13-11-23)21-27-31(42)38(33(44)46-27)14-4-8-29(40)36-16-18-37(19-17-36)30(41)9-5-15-39-32(43)28(47-34(39)45)22-25-6-3-7-26(35)20-25/h3,6-7,10-13,20-22H,2,4-5,8-9,14-19H2,1H3/b27-21-,28-22+. The predicted molar refractivity (Wildman–Crippen MR) is 201 cm³/mol. The first-order valence-corrected chi connectivity index (χ1v) is 18.8. The number of thiocarbonyl (C=S) groups is 2. The zero-order valence-corrected chi connectivity index (χ0v) is 30.8. The molecule has 0 bridgehead atoms. The topological polar surface area (TPSA) is 81.2 Å². The lowest BCUT2D eigenvalue weighted by Gasteiger charge is -2.35. The lowest BCUT2D eigenvalue weighted by Crippen LogP contribution is -2.50. The third-order valence-corrected chi connectivity index (χ3v) is 11.4. The van der Waals surface area contributed by atoms with E-state index < -0.39 is 0 Å². The van der Waals surface area contributed by atoms with Crippen LogP contribution in [0.25, 0.3) is 12.2 Å². The summed E-state index contributed by atoms with van der Waals surface area (Å²) in [6.45, 7) is 4.77. The van der Waals surface area contributed by atoms with E-state index in [2.05, 4.69) is 35.0 Å². The van der Waals surface area contributed by atoms with Crippen molar-refractivity contribution < 1.29 is 19.2 Å². The number of benzene rings is 2. The molecule has 3 fully saturated rings. The predicted octanol–water partition coefficient (Wildman–Crippen LogP) is 6.35. The average Bonchev–Trinajstić information content (AvgIpc) is 3.48. The van der Waals surface area contributed by atoms with Gasteiger partial charge in [0.05, 0.1) is 9.81 Å². The van der Waals surface area contributed by atoms with Crippen LogP contribution >= 0.6 is 63.9 Å². The van der Waals surface area contributed by atoms with E-state index in [0.717, 1.165) is 22.0 Å². The van der Waals surface area contributed by atoms with Gasteiger partial charge in [0, 0.05) is 56.6 Å². The van der Waals surface area contributed by atoms with Crippen LogP contribution in [0.2, 0.25) is 0 Å². The van der Waals surface area contributed by atoms with E-state index in [4.69, 9.17) is 24.4 Å². The molecule has 0 N–H and O–H groups in total. The highest BCUT2D eigenvalue weighted by molar-refractivity contribution is 9.10. The Balaban J connectivity index is 1.00. The second-order valence-electron chi connectivity index (χ2n) is 11.3. The fourth-order valence-electron chi connectivity index (χ4n) is 5.43. The molecule has 3 heterocycles. The summed E-state index contributed by atoms with van der Waals surface area (Å²) in [5.74, 6) is -0.231. The number of amides is 4. The van der Waals surface area contributed by atoms with Crippen LogP contribution < -0.4 is 0 Å². The maximum absolute atomic E-state index is 13.0. The first-order valence-electron chi connectivity index (χ1n) is 15.5. The molecule has 0 atom stereocenters. The smallest absolute Gasteiger partial charge is 0.266 e. The summed E-state index contributed by atoms with van der Waals surface area (Å²) in [4.78, 5) is 59.6. The van der Waals surface area contributed by atoms with Gasteiger partial charge in [-0.1, -0.05) is 107 Å². The number of hydrogen-bond donors (Lipinski definition) is 0. The van der Waals surface area contributed by atoms with Crippen LogP contribution in [0.3, 0.4) is 0 Å². The van der Waals surface area contributed by atoms with Crippen molar-refractivity contribution in [3.8, 4) is 0 Å². The maximum Gasteiger partial charge on any atom is 0.266 e. The van der Waals surface area contributed by atoms with E-state index in [-0.39, 0.29) is 23.6 Å². The van der Waals surface area contributed by atoms with Crippen LogP contribution in [0, 0.1) is 0 Å². The molecule has 0 spiro atoms. The zero-order chi connectivity index (χ0) is 33.5. The molecular formula is C34H35BrN4O4S4. The molecule has 5 rings (SSSR count). The molecule has 3 aliphatic heterocycles. The number of nitrogens with zero attached hydrogens (tertiary/aromatic N) is 4. The van der Waals surface area contributed by atoms with Gasteiger partial charge in [0.2, 0.25) is 11.8 Å². The molecule has 47 heavy (non-hydrogen) atoms. The van der Waals surface area contributed by atoms with Crippen LogP contribution in [-0.4, -0.2) is 91.1 Å². The number of thioether (sulfide) groups is 2. The quantitative estimate of drug-likeness (QED) is 0.194. The summed E-state index contributed by atoms with van der Waals surface area (Å²) in [6, 6.07) is 15.8. The third-order valence-electron chi connectivity index (χ3n) is 8.11. The molecule has 4 amide bonds. The van der Waals surface area contributed by atoms with Crippen molar-refractivity contribution >= 4 is 108 Å². The molecule has 0 aliphatic carbocycles. The van der Waals surface area contributed by atoms with Crippen molar-refractivity contribution in [2.24, 2.45) is 0 Å². The number of carbonyl (C=O) groups excluding carboxylic acids is 4. The molecule has 0 saturated carbocycles. The minimum Gasteiger partial charge on any atom is -0.339 e. The van der Waals surface area contributed by atoms with E-state index in [9.17, 15) is 19.2 Å². The Morgan fingerprint density at radius 2 is 1.26 bits per heavy atom. The molecular weight excluding hydrogens is 737 g/mol. The lowest BCUT2D eigenvalue weighted by atomic mass is 10.1. The highest BCUT2D eigenvalue weighted by Gasteiger charge is 2.33. The van der Waals surface area contributed by atoms with Gasteiger partial charge in [0.1, 0.15) is 8.64 Å². The Labute approximate surface area is 303 Å². The Hall–Kier alpha value is -2.84. The number of piperazine rings is 1. The van der Waals surface area contributed by atoms with Crippen molar-refractivity contribution in [1.82, 2.24) is 19.6 Å². The second-order valence-corrected chi connectivity index (χ2v) is 15.6. The van der Waals surface area contributed by atoms with Gasteiger partial charge in [-0.3, -0.25) is 29.0 Å². The Morgan fingerprint density at radius 1 is 0.766 bits per heavy atom. The van der Waals surface area contributed by atoms with Crippen LogP contribution in [0.5, 0.6) is 0 Å². The third kappa shape index (κ3) is 9.20. The van der Waals surface area contributed by atoms with Crippen LogP contribution in [-0.2, 0) is 25.6 Å². The summed E-state index contributed by atoms with van der Waals surface area (Å²) in [7, 11) is 0. The summed E-state index contributed by atoms with van der Waals surface area (Å²) in [5, 5.41) is 0. The molecule has 0 unspecified atom stereocenters. The van der Waals surface area contributed by atoms with Gasteiger partial charge in [-0.05, 0) is 60.2 Å². The number of aryl methyl sites for hydroxylation is 1. The molecule has 2 aromatic carbocycles. The van der Waals surface area contributed by atoms with E-state index in [0.29, 0.717) is 83.4 Å². The minimum atomic E-state index is -0.135. The molecule has 0 radical (unpaired) electrons. The number of rotatable bonds is 11. The Morgan fingerprint density at radius 3 is 1.72 bits per heavy atom. The molecule has 8 nitrogen and oxygen atoms in total. The zero-order valence-electron chi connectivity index (χ0n) is 26.0. The van der Waals surface area contributed by atoms with E-state index in [1.54, 1.807) is 19.6 Å². The average molecular weight is 772 g/mol. The largest absolute Gasteiger partial charge is 0.339 e. The molecule has 3 aliphatic rings. The monoisotopic (exact) mass is 770 g/mol. The number of carbonyl (C=O) groups is 4. The number of halogens is 1. The van der Waals surface area contributed by atoms with Crippen molar-refractivity contribution in [3.05, 3.63) is 79.5 Å². The summed E-state index contributed by atoms with van der Waals surface area (Å²) < 4.78 is 1.94. The second kappa shape index (κ2) is 16.5. The Bertz CT molecular complexity index is 1640. The fourth-order valence-corrected chi connectivity index (χ4v) is 8.47. The first kappa shape index (κ1) is 35.5. The van der Waals surface area contributed by atoms with Gasteiger partial charge < -0.3 is 9.80 Å². The lowest BCUT2D eigenvalue weighted by molar-refractivity contribution is -0.139. The van der Waals surface area contributed by atoms with Gasteiger partial charge in [-0.2, -0.15) is 0 Å². The normalized spacial score (nSPS) is 18.8. The summed E-state index contributed by atoms with van der Waals surface area (Å²) in [5.41, 5.74) is 3.11. The van der Waals surface area contributed by atoms with Crippen molar-refractivity contribution in [1.29, 1.82) is 0 Å². The maximum atomic E-state index is 13.0. The summed E-state index contributed by atoms with van der Waals surface area (Å²) >= 11 is 16.9. The highest BCUT2D eigenvalue weighted by atomic mass is 79.9. The van der Waals surface area contributed by atoms with Crippen LogP contribution in [0.15, 0.2) is 62.8 Å². The SMILES string of the molecule is CCc1ccc(/C=C2\SC(=S)N(CCCC(=O)N3CCN(C(=O)CCCN4C(=O)/C(=C\c5cccc(Br)c5)SC4=S)CC3)C2=O)cc1. The van der Waals surface area contributed by atoms with Crippen LogP contribution in [0.1, 0.15) is 49.3 Å². The fraction of sp³-hybridized carbons (Fsp3) is 0.353. The molecule has 0 aromatic heterocycles. The minimum absolute atomic E-state index is 0.0101. The first-order chi connectivity index (χ1) is 22.6. The van der Waals surface area contributed by atoms with Crippen molar-refractivity contribution in [3.63, 3.8) is 0 Å². The summed E-state index contributed by atoms with van der Waals surface area (Å²) in [6.07, 6.45) is 6.29. The van der Waals surface area contributed by atoms with Crippen LogP contribution in [0.4, 0.5) is 0 Å². The molecule has 13 heteroatoms. The van der Waals surface area contributed by atoms with Gasteiger partial charge in [0.15, 0.2) is 0 Å². The van der Waals surface area contributed by atoms with Gasteiger partial charge in [-0.25, -0.2) is 0 Å².